The van der Waals surface area contributed by atoms with Crippen molar-refractivity contribution in [2.75, 3.05) is 13.7 Å². The van der Waals surface area contributed by atoms with Gasteiger partial charge in [-0.1, -0.05) is 17.0 Å². The molecule has 92 valence electrons. The maximum Gasteiger partial charge on any atom is 0.273 e. The van der Waals surface area contributed by atoms with E-state index in [0.29, 0.717) is 24.3 Å². The molecular weight excluding hydrogens is 236 g/mol. The average molecular weight is 246 g/mol. The average Bonchev–Trinajstić information content (AvgIpc) is 2.38. The largest absolute Gasteiger partial charge is 0.495 e. The molecule has 0 aliphatic rings. The van der Waals surface area contributed by atoms with E-state index in [1.807, 2.05) is 0 Å². The third-order valence-electron chi connectivity index (χ3n) is 2.02. The zero-order valence-electron chi connectivity index (χ0n) is 9.66. The van der Waals surface area contributed by atoms with Crippen molar-refractivity contribution >= 4 is 5.69 Å². The molecular formula is C11H10N4O3. The standard InChI is InChI=1S/C11H10N4O3/c1-18-11-8-10(15(16)17)6-5-9(11)4-2-3-7-13-14-12/h5-6,8H,3,7H2,1H3. The first kappa shape index (κ1) is 13.4. The minimum Gasteiger partial charge on any atom is -0.495 e. The van der Waals surface area contributed by atoms with Gasteiger partial charge in [-0.3, -0.25) is 10.1 Å². The van der Waals surface area contributed by atoms with Crippen molar-refractivity contribution in [2.45, 2.75) is 6.42 Å². The first-order chi connectivity index (χ1) is 8.69. The molecule has 7 heteroatoms. The molecule has 0 aromatic heterocycles. The van der Waals surface area contributed by atoms with Crippen LogP contribution in [0.2, 0.25) is 0 Å². The van der Waals surface area contributed by atoms with Gasteiger partial charge in [-0.2, -0.15) is 0 Å². The lowest BCUT2D eigenvalue weighted by Gasteiger charge is -2.02. The zero-order valence-corrected chi connectivity index (χ0v) is 9.66. The molecule has 0 bridgehead atoms. The zero-order chi connectivity index (χ0) is 13.4. The lowest BCUT2D eigenvalue weighted by atomic mass is 10.2. The van der Waals surface area contributed by atoms with Gasteiger partial charge in [0.05, 0.1) is 23.7 Å². The quantitative estimate of drug-likeness (QED) is 0.155. The molecule has 1 aromatic rings. The van der Waals surface area contributed by atoms with Crippen molar-refractivity contribution in [3.8, 4) is 17.6 Å². The predicted molar refractivity (Wildman–Crippen MR) is 65.2 cm³/mol. The summed E-state index contributed by atoms with van der Waals surface area (Å²) in [6.07, 6.45) is 0.421. The second-order valence-electron chi connectivity index (χ2n) is 3.15. The first-order valence-electron chi connectivity index (χ1n) is 5.01. The van der Waals surface area contributed by atoms with E-state index in [1.54, 1.807) is 0 Å². The summed E-state index contributed by atoms with van der Waals surface area (Å²) in [6, 6.07) is 4.20. The van der Waals surface area contributed by atoms with Crippen LogP contribution in [-0.4, -0.2) is 18.6 Å². The Labute approximate surface area is 103 Å². The van der Waals surface area contributed by atoms with Gasteiger partial charge in [0, 0.05) is 23.9 Å². The molecule has 0 N–H and O–H groups in total. The number of non-ortho nitro benzene ring substituents is 1. The molecule has 0 fully saturated rings. The molecule has 0 amide bonds. The highest BCUT2D eigenvalue weighted by atomic mass is 16.6. The first-order valence-corrected chi connectivity index (χ1v) is 5.01. The number of nitro benzene ring substituents is 1. The molecule has 1 rings (SSSR count). The second kappa shape index (κ2) is 6.78. The van der Waals surface area contributed by atoms with Crippen LogP contribution in [0.25, 0.3) is 10.4 Å². The van der Waals surface area contributed by atoms with Gasteiger partial charge in [0.15, 0.2) is 0 Å². The van der Waals surface area contributed by atoms with E-state index in [1.165, 1.54) is 25.3 Å². The van der Waals surface area contributed by atoms with Crippen molar-refractivity contribution in [3.05, 3.63) is 44.3 Å². The Hall–Kier alpha value is -2.71. The van der Waals surface area contributed by atoms with Gasteiger partial charge in [0.2, 0.25) is 0 Å². The minimum absolute atomic E-state index is 0.0496. The Morgan fingerprint density at radius 1 is 1.61 bits per heavy atom. The van der Waals surface area contributed by atoms with Crippen LogP contribution in [0.5, 0.6) is 5.75 Å². The van der Waals surface area contributed by atoms with Gasteiger partial charge in [-0.15, -0.1) is 0 Å². The topological polar surface area (TPSA) is 101 Å². The number of hydrogen-bond acceptors (Lipinski definition) is 4. The van der Waals surface area contributed by atoms with Crippen LogP contribution < -0.4 is 4.74 Å². The van der Waals surface area contributed by atoms with E-state index in [4.69, 9.17) is 10.3 Å². The fraction of sp³-hybridized carbons (Fsp3) is 0.273. The number of nitrogens with zero attached hydrogens (tertiary/aromatic N) is 4. The van der Waals surface area contributed by atoms with Gasteiger partial charge >= 0.3 is 0 Å². The molecule has 0 aliphatic carbocycles. The van der Waals surface area contributed by atoms with Crippen molar-refractivity contribution < 1.29 is 9.66 Å². The van der Waals surface area contributed by atoms with Crippen LogP contribution in [0.15, 0.2) is 23.3 Å². The highest BCUT2D eigenvalue weighted by molar-refractivity contribution is 5.51. The van der Waals surface area contributed by atoms with E-state index in [-0.39, 0.29) is 5.69 Å². The lowest BCUT2D eigenvalue weighted by molar-refractivity contribution is -0.384. The summed E-state index contributed by atoms with van der Waals surface area (Å²) in [7, 11) is 1.42. The third kappa shape index (κ3) is 3.70. The van der Waals surface area contributed by atoms with E-state index in [0.717, 1.165) is 0 Å². The number of ether oxygens (including phenoxy) is 1. The highest BCUT2D eigenvalue weighted by Gasteiger charge is 2.09. The van der Waals surface area contributed by atoms with Crippen LogP contribution in [-0.2, 0) is 0 Å². The number of benzene rings is 1. The molecule has 0 atom stereocenters. The normalized spacial score (nSPS) is 8.72. The van der Waals surface area contributed by atoms with Gasteiger partial charge in [-0.25, -0.2) is 0 Å². The summed E-state index contributed by atoms with van der Waals surface area (Å²) in [5.74, 6) is 5.95. The summed E-state index contributed by atoms with van der Waals surface area (Å²) in [4.78, 5) is 12.7. The molecule has 0 saturated heterocycles. The summed E-state index contributed by atoms with van der Waals surface area (Å²) in [6.45, 7) is 0.290. The summed E-state index contributed by atoms with van der Waals surface area (Å²) < 4.78 is 5.03. The molecule has 0 unspecified atom stereocenters. The minimum atomic E-state index is -0.499. The fourth-order valence-electron chi connectivity index (χ4n) is 1.21. The van der Waals surface area contributed by atoms with Crippen molar-refractivity contribution in [1.29, 1.82) is 0 Å². The van der Waals surface area contributed by atoms with Crippen LogP contribution >= 0.6 is 0 Å². The van der Waals surface area contributed by atoms with Crippen LogP contribution in [0.1, 0.15) is 12.0 Å². The van der Waals surface area contributed by atoms with Crippen molar-refractivity contribution in [3.63, 3.8) is 0 Å². The SMILES string of the molecule is COc1cc([N+](=O)[O-])ccc1C#CCCN=[N+]=[N-]. The molecule has 7 nitrogen and oxygen atoms in total. The summed E-state index contributed by atoms with van der Waals surface area (Å²) in [5, 5.41) is 13.9. The van der Waals surface area contributed by atoms with Gasteiger partial charge in [-0.05, 0) is 11.6 Å². The number of hydrogen-bond donors (Lipinski definition) is 0. The molecule has 0 saturated carbocycles. The van der Waals surface area contributed by atoms with Crippen LogP contribution in [0.4, 0.5) is 5.69 Å². The van der Waals surface area contributed by atoms with E-state index < -0.39 is 4.92 Å². The Morgan fingerprint density at radius 3 is 3.00 bits per heavy atom. The summed E-state index contributed by atoms with van der Waals surface area (Å²) >= 11 is 0. The van der Waals surface area contributed by atoms with E-state index in [9.17, 15) is 10.1 Å². The molecule has 1 aromatic carbocycles. The Bertz CT molecular complexity index is 553. The Kier molecular flexibility index (Phi) is 5.03. The fourth-order valence-corrected chi connectivity index (χ4v) is 1.21. The number of rotatable bonds is 4. The molecule has 0 aliphatic heterocycles. The highest BCUT2D eigenvalue weighted by Crippen LogP contribution is 2.23. The van der Waals surface area contributed by atoms with E-state index >= 15 is 0 Å². The maximum atomic E-state index is 10.6. The smallest absolute Gasteiger partial charge is 0.273 e. The monoisotopic (exact) mass is 246 g/mol. The molecule has 0 spiro atoms. The third-order valence-corrected chi connectivity index (χ3v) is 2.02. The number of azide groups is 1. The van der Waals surface area contributed by atoms with Gasteiger partial charge in [0.1, 0.15) is 5.75 Å². The van der Waals surface area contributed by atoms with Crippen LogP contribution in [0.3, 0.4) is 0 Å². The lowest BCUT2D eigenvalue weighted by Crippen LogP contribution is -1.92. The Morgan fingerprint density at radius 2 is 2.39 bits per heavy atom. The van der Waals surface area contributed by atoms with Gasteiger partial charge < -0.3 is 4.74 Å². The maximum absolute atomic E-state index is 10.6. The number of methoxy groups -OCH3 is 1. The number of nitro groups is 1. The van der Waals surface area contributed by atoms with Gasteiger partial charge in [0.25, 0.3) is 5.69 Å². The van der Waals surface area contributed by atoms with Crippen molar-refractivity contribution in [1.82, 2.24) is 0 Å². The van der Waals surface area contributed by atoms with Crippen molar-refractivity contribution in [2.24, 2.45) is 5.11 Å². The van der Waals surface area contributed by atoms with E-state index in [2.05, 4.69) is 21.9 Å². The van der Waals surface area contributed by atoms with Crippen LogP contribution in [0, 0.1) is 22.0 Å². The summed E-state index contributed by atoms with van der Waals surface area (Å²) in [5.41, 5.74) is 8.58. The molecule has 0 radical (unpaired) electrons. The Balaban J connectivity index is 2.88. The molecule has 18 heavy (non-hydrogen) atoms. The predicted octanol–water partition coefficient (Wildman–Crippen LogP) is 2.66. The second-order valence-corrected chi connectivity index (χ2v) is 3.15. The molecule has 0 heterocycles.